The van der Waals surface area contributed by atoms with Crippen LogP contribution in [0.1, 0.15) is 37.7 Å². The Labute approximate surface area is 119 Å². The second-order valence-corrected chi connectivity index (χ2v) is 6.23. The Hall–Kier alpha value is -0.540. The zero-order valence-corrected chi connectivity index (χ0v) is 12.7. The molecule has 2 N–H and O–H groups in total. The lowest BCUT2D eigenvalue weighted by Crippen LogP contribution is -2.27. The SMILES string of the molecule is CN(CC1CCCCC1)c1ccc(CN)cc1Br. The van der Waals surface area contributed by atoms with E-state index in [-0.39, 0.29) is 0 Å². The molecule has 2 nitrogen and oxygen atoms in total. The van der Waals surface area contributed by atoms with Crippen LogP contribution in [0.4, 0.5) is 5.69 Å². The van der Waals surface area contributed by atoms with E-state index in [9.17, 15) is 0 Å². The predicted octanol–water partition coefficient (Wildman–Crippen LogP) is 3.92. The number of hydrogen-bond donors (Lipinski definition) is 1. The van der Waals surface area contributed by atoms with E-state index in [4.69, 9.17) is 5.73 Å². The lowest BCUT2D eigenvalue weighted by Gasteiger charge is -2.29. The van der Waals surface area contributed by atoms with Crippen molar-refractivity contribution in [3.63, 3.8) is 0 Å². The molecule has 0 amide bonds. The molecule has 3 heteroatoms. The minimum Gasteiger partial charge on any atom is -0.373 e. The summed E-state index contributed by atoms with van der Waals surface area (Å²) >= 11 is 3.66. The zero-order valence-electron chi connectivity index (χ0n) is 11.2. The molecule has 0 radical (unpaired) electrons. The van der Waals surface area contributed by atoms with Crippen LogP contribution in [-0.2, 0) is 6.54 Å². The van der Waals surface area contributed by atoms with Gasteiger partial charge >= 0.3 is 0 Å². The van der Waals surface area contributed by atoms with E-state index in [0.29, 0.717) is 6.54 Å². The first-order valence-corrected chi connectivity index (χ1v) is 7.69. The van der Waals surface area contributed by atoms with Gasteiger partial charge in [-0.3, -0.25) is 0 Å². The molecule has 1 aliphatic carbocycles. The van der Waals surface area contributed by atoms with Gasteiger partial charge in [-0.1, -0.05) is 25.3 Å². The molecule has 0 unspecified atom stereocenters. The number of halogens is 1. The van der Waals surface area contributed by atoms with Crippen molar-refractivity contribution < 1.29 is 0 Å². The Balaban J connectivity index is 2.01. The van der Waals surface area contributed by atoms with Gasteiger partial charge in [-0.15, -0.1) is 0 Å². The molecular weight excluding hydrogens is 288 g/mol. The van der Waals surface area contributed by atoms with Crippen LogP contribution < -0.4 is 10.6 Å². The number of rotatable bonds is 4. The maximum atomic E-state index is 5.66. The van der Waals surface area contributed by atoms with Gasteiger partial charge in [0.05, 0.1) is 5.69 Å². The Morgan fingerprint density at radius 3 is 2.61 bits per heavy atom. The average molecular weight is 311 g/mol. The smallest absolute Gasteiger partial charge is 0.0508 e. The summed E-state index contributed by atoms with van der Waals surface area (Å²) in [5.41, 5.74) is 8.11. The standard InChI is InChI=1S/C15H23BrN2/c1-18(11-12-5-3-2-4-6-12)15-8-7-13(10-17)9-14(15)16/h7-9,12H,2-6,10-11,17H2,1H3. The second kappa shape index (κ2) is 6.58. The molecule has 0 heterocycles. The van der Waals surface area contributed by atoms with Gasteiger partial charge in [0.15, 0.2) is 0 Å². The molecule has 0 bridgehead atoms. The molecule has 1 aliphatic rings. The van der Waals surface area contributed by atoms with E-state index in [1.54, 1.807) is 0 Å². The summed E-state index contributed by atoms with van der Waals surface area (Å²) in [5, 5.41) is 0. The molecule has 2 rings (SSSR count). The fraction of sp³-hybridized carbons (Fsp3) is 0.600. The van der Waals surface area contributed by atoms with Gasteiger partial charge in [-0.05, 0) is 52.4 Å². The Morgan fingerprint density at radius 1 is 1.28 bits per heavy atom. The summed E-state index contributed by atoms with van der Waals surface area (Å²) < 4.78 is 1.16. The van der Waals surface area contributed by atoms with Gasteiger partial charge < -0.3 is 10.6 Å². The van der Waals surface area contributed by atoms with Crippen LogP contribution in [-0.4, -0.2) is 13.6 Å². The zero-order chi connectivity index (χ0) is 13.0. The largest absolute Gasteiger partial charge is 0.373 e. The maximum Gasteiger partial charge on any atom is 0.0508 e. The predicted molar refractivity (Wildman–Crippen MR) is 81.9 cm³/mol. The summed E-state index contributed by atoms with van der Waals surface area (Å²) in [6.45, 7) is 1.77. The van der Waals surface area contributed by atoms with Crippen molar-refractivity contribution >= 4 is 21.6 Å². The highest BCUT2D eigenvalue weighted by molar-refractivity contribution is 9.10. The van der Waals surface area contributed by atoms with Crippen molar-refractivity contribution in [2.45, 2.75) is 38.6 Å². The Bertz CT molecular complexity index is 386. The topological polar surface area (TPSA) is 29.3 Å². The van der Waals surface area contributed by atoms with E-state index >= 15 is 0 Å². The van der Waals surface area contributed by atoms with Gasteiger partial charge in [0.1, 0.15) is 0 Å². The molecule has 1 aromatic carbocycles. The van der Waals surface area contributed by atoms with Gasteiger partial charge in [-0.25, -0.2) is 0 Å². The molecule has 1 fully saturated rings. The Morgan fingerprint density at radius 2 is 2.00 bits per heavy atom. The first kappa shape index (κ1) is 13.9. The molecule has 18 heavy (non-hydrogen) atoms. The van der Waals surface area contributed by atoms with E-state index in [1.807, 2.05) is 0 Å². The van der Waals surface area contributed by atoms with E-state index < -0.39 is 0 Å². The monoisotopic (exact) mass is 310 g/mol. The summed E-state index contributed by atoms with van der Waals surface area (Å²) in [5.74, 6) is 0.866. The number of nitrogens with zero attached hydrogens (tertiary/aromatic N) is 1. The minimum atomic E-state index is 0.602. The summed E-state index contributed by atoms with van der Waals surface area (Å²) in [6, 6.07) is 6.43. The first-order valence-electron chi connectivity index (χ1n) is 6.90. The number of nitrogens with two attached hydrogens (primary N) is 1. The quantitative estimate of drug-likeness (QED) is 0.913. The van der Waals surface area contributed by atoms with Crippen LogP contribution in [0.3, 0.4) is 0 Å². The van der Waals surface area contributed by atoms with Crippen LogP contribution >= 0.6 is 15.9 Å². The molecule has 1 saturated carbocycles. The summed E-state index contributed by atoms with van der Waals surface area (Å²) in [4.78, 5) is 2.38. The van der Waals surface area contributed by atoms with Crippen molar-refractivity contribution in [2.75, 3.05) is 18.5 Å². The van der Waals surface area contributed by atoms with Crippen LogP contribution in [0.15, 0.2) is 22.7 Å². The fourth-order valence-electron chi connectivity index (χ4n) is 2.84. The highest BCUT2D eigenvalue weighted by Gasteiger charge is 2.16. The van der Waals surface area contributed by atoms with Crippen molar-refractivity contribution in [3.05, 3.63) is 28.2 Å². The van der Waals surface area contributed by atoms with E-state index in [2.05, 4.69) is 46.1 Å². The molecule has 0 saturated heterocycles. The second-order valence-electron chi connectivity index (χ2n) is 5.37. The third-order valence-electron chi connectivity index (χ3n) is 3.92. The fourth-order valence-corrected chi connectivity index (χ4v) is 3.57. The first-order chi connectivity index (χ1) is 8.70. The molecule has 1 aromatic rings. The highest BCUT2D eigenvalue weighted by atomic mass is 79.9. The van der Waals surface area contributed by atoms with Crippen molar-refractivity contribution in [1.82, 2.24) is 0 Å². The molecule has 100 valence electrons. The van der Waals surface area contributed by atoms with Gasteiger partial charge in [-0.2, -0.15) is 0 Å². The van der Waals surface area contributed by atoms with Crippen molar-refractivity contribution in [2.24, 2.45) is 11.7 Å². The van der Waals surface area contributed by atoms with Gasteiger partial charge in [0, 0.05) is 24.6 Å². The third kappa shape index (κ3) is 3.48. The number of hydrogen-bond acceptors (Lipinski definition) is 2. The molecule has 0 atom stereocenters. The molecule has 0 aliphatic heterocycles. The minimum absolute atomic E-state index is 0.602. The molecule has 0 aromatic heterocycles. The average Bonchev–Trinajstić information content (AvgIpc) is 2.39. The number of benzene rings is 1. The van der Waals surface area contributed by atoms with Gasteiger partial charge in [0.25, 0.3) is 0 Å². The summed E-state index contributed by atoms with van der Waals surface area (Å²) in [7, 11) is 2.19. The van der Waals surface area contributed by atoms with Gasteiger partial charge in [0.2, 0.25) is 0 Å². The van der Waals surface area contributed by atoms with Crippen LogP contribution in [0.5, 0.6) is 0 Å². The normalized spacial score (nSPS) is 16.8. The van der Waals surface area contributed by atoms with Crippen LogP contribution in [0.2, 0.25) is 0 Å². The van der Waals surface area contributed by atoms with E-state index in [1.165, 1.54) is 49.9 Å². The van der Waals surface area contributed by atoms with Crippen molar-refractivity contribution in [3.8, 4) is 0 Å². The highest BCUT2D eigenvalue weighted by Crippen LogP contribution is 2.30. The van der Waals surface area contributed by atoms with Crippen molar-refractivity contribution in [1.29, 1.82) is 0 Å². The summed E-state index contributed by atoms with van der Waals surface area (Å²) in [6.07, 6.45) is 7.03. The lowest BCUT2D eigenvalue weighted by molar-refractivity contribution is 0.362. The molecular formula is C15H23BrN2. The molecule has 0 spiro atoms. The third-order valence-corrected chi connectivity index (χ3v) is 4.55. The maximum absolute atomic E-state index is 5.66. The van der Waals surface area contributed by atoms with Crippen LogP contribution in [0.25, 0.3) is 0 Å². The number of anilines is 1. The lowest BCUT2D eigenvalue weighted by atomic mass is 9.89. The Kier molecular flexibility index (Phi) is 5.07. The van der Waals surface area contributed by atoms with Crippen LogP contribution in [0, 0.1) is 5.92 Å². The van der Waals surface area contributed by atoms with E-state index in [0.717, 1.165) is 10.4 Å².